The van der Waals surface area contributed by atoms with Crippen LogP contribution >= 0.6 is 0 Å². The fourth-order valence-corrected chi connectivity index (χ4v) is 0.917. The van der Waals surface area contributed by atoms with Crippen LogP contribution in [-0.4, -0.2) is 17.8 Å². The van der Waals surface area contributed by atoms with Gasteiger partial charge in [-0.15, -0.1) is 0 Å². The molecule has 0 amide bonds. The molecule has 52 valence electrons. The summed E-state index contributed by atoms with van der Waals surface area (Å²) >= 11 is 0. The Morgan fingerprint density at radius 2 is 2.60 bits per heavy atom. The third-order valence-electron chi connectivity index (χ3n) is 1.41. The first-order valence-electron chi connectivity index (χ1n) is 3.12. The summed E-state index contributed by atoms with van der Waals surface area (Å²) in [5.74, 6) is 0.991. The van der Waals surface area contributed by atoms with Crippen LogP contribution in [0.5, 0.6) is 0 Å². The normalized spacial score (nSPS) is 21.6. The Kier molecular flexibility index (Phi) is 1.18. The molecule has 0 aromatic heterocycles. The highest BCUT2D eigenvalue weighted by Gasteiger charge is 2.12. The third-order valence-corrected chi connectivity index (χ3v) is 1.41. The first kappa shape index (κ1) is 5.49. The van der Waals surface area contributed by atoms with Crippen molar-refractivity contribution >= 4 is 6.21 Å². The van der Waals surface area contributed by atoms with Crippen LogP contribution in [0, 0.1) is 0 Å². The second-order valence-electron chi connectivity index (χ2n) is 2.08. The second-order valence-corrected chi connectivity index (χ2v) is 2.08. The average Bonchev–Trinajstić information content (AvgIpc) is 2.28. The van der Waals surface area contributed by atoms with Gasteiger partial charge in [-0.1, -0.05) is 0 Å². The van der Waals surface area contributed by atoms with Crippen molar-refractivity contribution in [1.82, 2.24) is 15.8 Å². The van der Waals surface area contributed by atoms with Crippen LogP contribution in [0.4, 0.5) is 0 Å². The number of hydrogen-bond acceptors (Lipinski definition) is 4. The SMILES string of the molecule is C1=CN2CNNC2=CN=C1. The number of fused-ring (bicyclic) bond motifs is 1. The summed E-state index contributed by atoms with van der Waals surface area (Å²) in [5, 5.41) is 0. The van der Waals surface area contributed by atoms with Gasteiger partial charge in [-0.05, 0) is 6.08 Å². The van der Waals surface area contributed by atoms with E-state index in [1.807, 2.05) is 17.2 Å². The minimum Gasteiger partial charge on any atom is -0.318 e. The monoisotopic (exact) mass is 136 g/mol. The van der Waals surface area contributed by atoms with E-state index < -0.39 is 0 Å². The topological polar surface area (TPSA) is 39.7 Å². The largest absolute Gasteiger partial charge is 0.318 e. The summed E-state index contributed by atoms with van der Waals surface area (Å²) in [4.78, 5) is 6.03. The molecule has 1 fully saturated rings. The molecule has 0 aromatic rings. The van der Waals surface area contributed by atoms with Crippen molar-refractivity contribution < 1.29 is 0 Å². The van der Waals surface area contributed by atoms with Crippen molar-refractivity contribution in [3.8, 4) is 0 Å². The Morgan fingerprint density at radius 3 is 3.60 bits per heavy atom. The lowest BCUT2D eigenvalue weighted by atomic mass is 10.6. The van der Waals surface area contributed by atoms with E-state index in [1.54, 1.807) is 12.4 Å². The summed E-state index contributed by atoms with van der Waals surface area (Å²) in [6.45, 7) is 0.797. The van der Waals surface area contributed by atoms with Crippen molar-refractivity contribution in [2.75, 3.05) is 6.67 Å². The molecular weight excluding hydrogens is 128 g/mol. The summed E-state index contributed by atoms with van der Waals surface area (Å²) in [7, 11) is 0. The zero-order valence-corrected chi connectivity index (χ0v) is 5.41. The predicted octanol–water partition coefficient (Wildman–Crippen LogP) is -0.249. The van der Waals surface area contributed by atoms with Gasteiger partial charge in [0.15, 0.2) is 0 Å². The number of hydrazine groups is 1. The van der Waals surface area contributed by atoms with Crippen LogP contribution in [0.15, 0.2) is 29.3 Å². The van der Waals surface area contributed by atoms with E-state index in [2.05, 4.69) is 15.8 Å². The Morgan fingerprint density at radius 1 is 1.60 bits per heavy atom. The van der Waals surface area contributed by atoms with Crippen molar-refractivity contribution in [2.45, 2.75) is 0 Å². The molecular formula is C6H8N4. The summed E-state index contributed by atoms with van der Waals surface area (Å²) in [5.41, 5.74) is 5.95. The molecule has 4 nitrogen and oxygen atoms in total. The Labute approximate surface area is 58.9 Å². The molecule has 2 aliphatic rings. The maximum atomic E-state index is 4.00. The van der Waals surface area contributed by atoms with E-state index in [4.69, 9.17) is 0 Å². The molecule has 2 heterocycles. The molecule has 0 saturated carbocycles. The quantitative estimate of drug-likeness (QED) is 0.482. The molecule has 1 saturated heterocycles. The molecule has 0 aromatic carbocycles. The predicted molar refractivity (Wildman–Crippen MR) is 38.7 cm³/mol. The molecule has 10 heavy (non-hydrogen) atoms. The fourth-order valence-electron chi connectivity index (χ4n) is 0.917. The van der Waals surface area contributed by atoms with Crippen LogP contribution in [0.2, 0.25) is 0 Å². The van der Waals surface area contributed by atoms with Crippen LogP contribution in [-0.2, 0) is 0 Å². The van der Waals surface area contributed by atoms with Crippen molar-refractivity contribution in [3.63, 3.8) is 0 Å². The molecule has 0 atom stereocenters. The highest BCUT2D eigenvalue weighted by Crippen LogP contribution is 2.05. The maximum Gasteiger partial charge on any atom is 0.140 e. The lowest BCUT2D eigenvalue weighted by molar-refractivity contribution is 0.516. The van der Waals surface area contributed by atoms with Crippen LogP contribution in [0.25, 0.3) is 0 Å². The Balaban J connectivity index is 2.29. The highest BCUT2D eigenvalue weighted by atomic mass is 15.6. The van der Waals surface area contributed by atoms with E-state index in [9.17, 15) is 0 Å². The van der Waals surface area contributed by atoms with Crippen LogP contribution < -0.4 is 10.9 Å². The molecule has 0 bridgehead atoms. The zero-order valence-electron chi connectivity index (χ0n) is 5.41. The lowest BCUT2D eigenvalue weighted by Crippen LogP contribution is -2.20. The molecule has 0 aliphatic carbocycles. The number of rotatable bonds is 0. The van der Waals surface area contributed by atoms with Gasteiger partial charge in [-0.25, -0.2) is 5.43 Å². The number of nitrogens with one attached hydrogen (secondary N) is 2. The number of hydrogen-bond donors (Lipinski definition) is 2. The van der Waals surface area contributed by atoms with Gasteiger partial charge in [0, 0.05) is 12.4 Å². The summed E-state index contributed by atoms with van der Waals surface area (Å²) in [6, 6.07) is 0. The average molecular weight is 136 g/mol. The number of aliphatic imine (C=N–C) groups is 1. The van der Waals surface area contributed by atoms with E-state index in [-0.39, 0.29) is 0 Å². The Bertz CT molecular complexity index is 216. The van der Waals surface area contributed by atoms with E-state index >= 15 is 0 Å². The van der Waals surface area contributed by atoms with Gasteiger partial charge in [0.1, 0.15) is 5.82 Å². The van der Waals surface area contributed by atoms with Gasteiger partial charge in [0.05, 0.1) is 12.9 Å². The standard InChI is InChI=1S/C6H8N4/c1-2-7-4-6-9-8-5-10(6)3-1/h1-4,8-9H,5H2. The molecule has 0 radical (unpaired) electrons. The van der Waals surface area contributed by atoms with Crippen LogP contribution in [0.1, 0.15) is 0 Å². The van der Waals surface area contributed by atoms with Crippen molar-refractivity contribution in [2.24, 2.45) is 4.99 Å². The number of allylic oxidation sites excluding steroid dienone is 1. The molecule has 2 rings (SSSR count). The van der Waals surface area contributed by atoms with Crippen molar-refractivity contribution in [3.05, 3.63) is 24.3 Å². The minimum atomic E-state index is 0.797. The zero-order chi connectivity index (χ0) is 6.81. The molecule has 2 N–H and O–H groups in total. The molecule has 0 unspecified atom stereocenters. The van der Waals surface area contributed by atoms with Gasteiger partial charge in [0.25, 0.3) is 0 Å². The van der Waals surface area contributed by atoms with E-state index in [0.29, 0.717) is 0 Å². The van der Waals surface area contributed by atoms with Gasteiger partial charge >= 0.3 is 0 Å². The minimum absolute atomic E-state index is 0.797. The molecule has 4 heteroatoms. The maximum absolute atomic E-state index is 4.00. The third kappa shape index (κ3) is 0.784. The fraction of sp³-hybridized carbons (Fsp3) is 0.167. The van der Waals surface area contributed by atoms with E-state index in [0.717, 1.165) is 12.5 Å². The molecule has 2 aliphatic heterocycles. The first-order valence-corrected chi connectivity index (χ1v) is 3.12. The van der Waals surface area contributed by atoms with Gasteiger partial charge in [0.2, 0.25) is 0 Å². The smallest absolute Gasteiger partial charge is 0.140 e. The summed E-state index contributed by atoms with van der Waals surface area (Å²) < 4.78 is 0. The lowest BCUT2D eigenvalue weighted by Gasteiger charge is -2.07. The number of nitrogens with zero attached hydrogens (tertiary/aromatic N) is 2. The first-order chi connectivity index (χ1) is 4.97. The van der Waals surface area contributed by atoms with Gasteiger partial charge < -0.3 is 10.3 Å². The van der Waals surface area contributed by atoms with E-state index in [1.165, 1.54) is 0 Å². The summed E-state index contributed by atoms with van der Waals surface area (Å²) in [6.07, 6.45) is 7.40. The highest BCUT2D eigenvalue weighted by molar-refractivity contribution is 5.72. The molecule has 0 spiro atoms. The van der Waals surface area contributed by atoms with Crippen LogP contribution in [0.3, 0.4) is 0 Å². The second kappa shape index (κ2) is 2.15. The van der Waals surface area contributed by atoms with Gasteiger partial charge in [-0.3, -0.25) is 4.99 Å². The Hall–Kier alpha value is -1.29. The van der Waals surface area contributed by atoms with Crippen molar-refractivity contribution in [1.29, 1.82) is 0 Å². The van der Waals surface area contributed by atoms with Gasteiger partial charge in [-0.2, -0.15) is 0 Å².